The third kappa shape index (κ3) is 2.45. The van der Waals surface area contributed by atoms with Gasteiger partial charge >= 0.3 is 0 Å². The summed E-state index contributed by atoms with van der Waals surface area (Å²) in [5.74, 6) is 3.53. The third-order valence-electron chi connectivity index (χ3n) is 4.52. The molecule has 1 N–H and O–H groups in total. The lowest BCUT2D eigenvalue weighted by atomic mass is 9.78. The van der Waals surface area contributed by atoms with Crippen molar-refractivity contribution >= 4 is 11.8 Å². The second kappa shape index (κ2) is 5.25. The highest BCUT2D eigenvalue weighted by Crippen LogP contribution is 2.34. The standard InChI is InChI=1S/C14H23N3S/c1-14(3-5-15-6-4-14)13-8-16-11-17(13)9-12-2-7-18-10-12/h8,11-12,15H,2-7,9-10H2,1H3. The minimum Gasteiger partial charge on any atom is -0.334 e. The van der Waals surface area contributed by atoms with Gasteiger partial charge in [0.25, 0.3) is 0 Å². The lowest BCUT2D eigenvalue weighted by Gasteiger charge is -2.35. The molecule has 1 aromatic heterocycles. The smallest absolute Gasteiger partial charge is 0.0948 e. The van der Waals surface area contributed by atoms with E-state index in [1.165, 1.54) is 43.0 Å². The summed E-state index contributed by atoms with van der Waals surface area (Å²) in [6, 6.07) is 0. The maximum Gasteiger partial charge on any atom is 0.0948 e. The Kier molecular flexibility index (Phi) is 3.66. The molecular weight excluding hydrogens is 242 g/mol. The number of nitrogens with one attached hydrogen (secondary N) is 1. The van der Waals surface area contributed by atoms with Crippen LogP contribution in [0.25, 0.3) is 0 Å². The Bertz CT molecular complexity index is 389. The topological polar surface area (TPSA) is 29.9 Å². The molecule has 1 unspecified atom stereocenters. The van der Waals surface area contributed by atoms with Crippen LogP contribution in [0.3, 0.4) is 0 Å². The number of aromatic nitrogens is 2. The van der Waals surface area contributed by atoms with Crippen LogP contribution in [0.2, 0.25) is 0 Å². The van der Waals surface area contributed by atoms with Gasteiger partial charge in [0.1, 0.15) is 0 Å². The van der Waals surface area contributed by atoms with Crippen molar-refractivity contribution < 1.29 is 0 Å². The zero-order valence-electron chi connectivity index (χ0n) is 11.2. The monoisotopic (exact) mass is 265 g/mol. The second-order valence-electron chi connectivity index (χ2n) is 5.97. The van der Waals surface area contributed by atoms with Crippen LogP contribution in [0.15, 0.2) is 12.5 Å². The number of hydrogen-bond acceptors (Lipinski definition) is 3. The van der Waals surface area contributed by atoms with E-state index < -0.39 is 0 Å². The molecule has 0 saturated carbocycles. The van der Waals surface area contributed by atoms with Gasteiger partial charge in [-0.15, -0.1) is 0 Å². The largest absolute Gasteiger partial charge is 0.334 e. The molecular formula is C14H23N3S. The molecule has 2 aliphatic rings. The first kappa shape index (κ1) is 12.5. The summed E-state index contributed by atoms with van der Waals surface area (Å²) in [4.78, 5) is 4.42. The summed E-state index contributed by atoms with van der Waals surface area (Å²) >= 11 is 2.10. The molecule has 2 fully saturated rings. The number of nitrogens with zero attached hydrogens (tertiary/aromatic N) is 2. The van der Waals surface area contributed by atoms with Crippen molar-refractivity contribution in [2.75, 3.05) is 24.6 Å². The molecule has 18 heavy (non-hydrogen) atoms. The number of rotatable bonds is 3. The van der Waals surface area contributed by atoms with E-state index >= 15 is 0 Å². The Morgan fingerprint density at radius 3 is 3.06 bits per heavy atom. The summed E-state index contributed by atoms with van der Waals surface area (Å²) < 4.78 is 2.43. The first-order chi connectivity index (χ1) is 8.78. The average molecular weight is 265 g/mol. The molecule has 1 aromatic rings. The van der Waals surface area contributed by atoms with Gasteiger partial charge in [-0.3, -0.25) is 0 Å². The minimum atomic E-state index is 0.327. The summed E-state index contributed by atoms with van der Waals surface area (Å²) in [6.45, 7) is 5.86. The number of hydrogen-bond donors (Lipinski definition) is 1. The SMILES string of the molecule is CC1(c2cncn2CC2CCSC2)CCNCC1. The highest BCUT2D eigenvalue weighted by Gasteiger charge is 2.32. The number of imidazole rings is 1. The van der Waals surface area contributed by atoms with Crippen LogP contribution in [0.1, 0.15) is 31.9 Å². The molecule has 3 nitrogen and oxygen atoms in total. The van der Waals surface area contributed by atoms with E-state index in [-0.39, 0.29) is 0 Å². The van der Waals surface area contributed by atoms with Crippen LogP contribution < -0.4 is 5.32 Å². The Morgan fingerprint density at radius 1 is 1.50 bits per heavy atom. The van der Waals surface area contributed by atoms with Gasteiger partial charge in [-0.05, 0) is 49.8 Å². The lowest BCUT2D eigenvalue weighted by Crippen LogP contribution is -2.39. The summed E-state index contributed by atoms with van der Waals surface area (Å²) in [5.41, 5.74) is 1.79. The molecule has 2 aliphatic heterocycles. The van der Waals surface area contributed by atoms with Crippen LogP contribution >= 0.6 is 11.8 Å². The third-order valence-corrected chi connectivity index (χ3v) is 5.75. The molecule has 1 atom stereocenters. The predicted molar refractivity (Wildman–Crippen MR) is 77.1 cm³/mol. The fourth-order valence-electron chi connectivity index (χ4n) is 3.21. The van der Waals surface area contributed by atoms with Gasteiger partial charge in [0, 0.05) is 23.9 Å². The van der Waals surface area contributed by atoms with Gasteiger partial charge in [0.2, 0.25) is 0 Å². The Morgan fingerprint density at radius 2 is 2.33 bits per heavy atom. The van der Waals surface area contributed by atoms with E-state index in [0.717, 1.165) is 19.0 Å². The van der Waals surface area contributed by atoms with Crippen molar-refractivity contribution in [3.8, 4) is 0 Å². The van der Waals surface area contributed by atoms with E-state index in [4.69, 9.17) is 0 Å². The quantitative estimate of drug-likeness (QED) is 0.909. The summed E-state index contributed by atoms with van der Waals surface area (Å²) in [5, 5.41) is 3.46. The molecule has 3 heterocycles. The van der Waals surface area contributed by atoms with E-state index in [9.17, 15) is 0 Å². The zero-order valence-corrected chi connectivity index (χ0v) is 12.0. The molecule has 0 bridgehead atoms. The molecule has 2 saturated heterocycles. The Labute approximate surface area is 114 Å². The zero-order chi connectivity index (χ0) is 12.4. The predicted octanol–water partition coefficient (Wildman–Crippen LogP) is 2.28. The highest BCUT2D eigenvalue weighted by atomic mass is 32.2. The maximum absolute atomic E-state index is 4.42. The van der Waals surface area contributed by atoms with E-state index in [0.29, 0.717) is 5.41 Å². The summed E-state index contributed by atoms with van der Waals surface area (Å²) in [7, 11) is 0. The first-order valence-corrected chi connectivity index (χ1v) is 8.22. The molecule has 0 radical (unpaired) electrons. The molecule has 0 aliphatic carbocycles. The molecule has 3 rings (SSSR count). The van der Waals surface area contributed by atoms with Crippen molar-refractivity contribution in [1.29, 1.82) is 0 Å². The average Bonchev–Trinajstić information content (AvgIpc) is 3.02. The number of piperidine rings is 1. The van der Waals surface area contributed by atoms with Crippen molar-refractivity contribution in [1.82, 2.24) is 14.9 Å². The summed E-state index contributed by atoms with van der Waals surface area (Å²) in [6.07, 6.45) is 8.00. The molecule has 4 heteroatoms. The van der Waals surface area contributed by atoms with Crippen LogP contribution in [0.4, 0.5) is 0 Å². The van der Waals surface area contributed by atoms with Crippen LogP contribution in [-0.4, -0.2) is 34.1 Å². The van der Waals surface area contributed by atoms with E-state index in [1.54, 1.807) is 0 Å². The minimum absolute atomic E-state index is 0.327. The van der Waals surface area contributed by atoms with Crippen LogP contribution in [0, 0.1) is 5.92 Å². The van der Waals surface area contributed by atoms with Gasteiger partial charge in [-0.25, -0.2) is 4.98 Å². The second-order valence-corrected chi connectivity index (χ2v) is 7.12. The van der Waals surface area contributed by atoms with Gasteiger partial charge in [-0.2, -0.15) is 11.8 Å². The Hall–Kier alpha value is -0.480. The van der Waals surface area contributed by atoms with Gasteiger partial charge in [-0.1, -0.05) is 6.92 Å². The molecule has 100 valence electrons. The normalized spacial score (nSPS) is 27.5. The Balaban J connectivity index is 1.77. The van der Waals surface area contributed by atoms with Crippen molar-refractivity contribution in [3.05, 3.63) is 18.2 Å². The fraction of sp³-hybridized carbons (Fsp3) is 0.786. The lowest BCUT2D eigenvalue weighted by molar-refractivity contribution is 0.311. The first-order valence-electron chi connectivity index (χ1n) is 7.07. The van der Waals surface area contributed by atoms with Crippen molar-refractivity contribution in [2.24, 2.45) is 5.92 Å². The van der Waals surface area contributed by atoms with Crippen molar-refractivity contribution in [3.63, 3.8) is 0 Å². The van der Waals surface area contributed by atoms with E-state index in [1.807, 2.05) is 6.33 Å². The van der Waals surface area contributed by atoms with Gasteiger partial charge in [0.05, 0.1) is 6.33 Å². The maximum atomic E-state index is 4.42. The van der Waals surface area contributed by atoms with Crippen molar-refractivity contribution in [2.45, 2.75) is 38.1 Å². The van der Waals surface area contributed by atoms with Crippen LogP contribution in [-0.2, 0) is 12.0 Å². The molecule has 0 aromatic carbocycles. The van der Waals surface area contributed by atoms with Gasteiger partial charge in [0.15, 0.2) is 0 Å². The van der Waals surface area contributed by atoms with Crippen LogP contribution in [0.5, 0.6) is 0 Å². The van der Waals surface area contributed by atoms with Gasteiger partial charge < -0.3 is 9.88 Å². The highest BCUT2D eigenvalue weighted by molar-refractivity contribution is 7.99. The number of thioether (sulfide) groups is 1. The molecule has 0 spiro atoms. The molecule has 0 amide bonds. The van der Waals surface area contributed by atoms with E-state index in [2.05, 4.69) is 39.8 Å². The fourth-order valence-corrected chi connectivity index (χ4v) is 4.48.